The normalized spacial score (nSPS) is 10.6. The molecule has 0 atom stereocenters. The summed E-state index contributed by atoms with van der Waals surface area (Å²) in [6.07, 6.45) is 6.94. The zero-order valence-corrected chi connectivity index (χ0v) is 11.8. The summed E-state index contributed by atoms with van der Waals surface area (Å²) in [7, 11) is 0. The van der Waals surface area contributed by atoms with Gasteiger partial charge in [-0.25, -0.2) is 15.0 Å². The highest BCUT2D eigenvalue weighted by Crippen LogP contribution is 2.25. The molecule has 6 heteroatoms. The second kappa shape index (κ2) is 5.24. The van der Waals surface area contributed by atoms with Crippen molar-refractivity contribution in [2.24, 2.45) is 0 Å². The molecule has 2 N–H and O–H groups in total. The number of nitrogen functional groups attached to an aromatic ring is 1. The largest absolute Gasteiger partial charge is 0.455 e. The topological polar surface area (TPSA) is 78.9 Å². The molecule has 0 saturated heterocycles. The van der Waals surface area contributed by atoms with Crippen molar-refractivity contribution in [1.29, 1.82) is 0 Å². The quantitative estimate of drug-likeness (QED) is 0.798. The van der Waals surface area contributed by atoms with Gasteiger partial charge in [0.2, 0.25) is 0 Å². The van der Waals surface area contributed by atoms with E-state index in [1.165, 1.54) is 0 Å². The lowest BCUT2D eigenvalue weighted by atomic mass is 10.2. The van der Waals surface area contributed by atoms with Crippen molar-refractivity contribution < 1.29 is 4.74 Å². The molecule has 0 aliphatic carbocycles. The van der Waals surface area contributed by atoms with Gasteiger partial charge in [0.15, 0.2) is 0 Å². The maximum Gasteiger partial charge on any atom is 0.148 e. The molecular weight excluding hydrogens is 266 g/mol. The SMILES string of the molecule is Cc1cn(-c2cc(Oc3cnc(N)cc3C)ccn2)cn1. The van der Waals surface area contributed by atoms with E-state index in [0.29, 0.717) is 17.3 Å². The van der Waals surface area contributed by atoms with E-state index in [-0.39, 0.29) is 0 Å². The molecule has 0 saturated carbocycles. The van der Waals surface area contributed by atoms with E-state index in [2.05, 4.69) is 15.0 Å². The number of pyridine rings is 2. The molecule has 0 fully saturated rings. The van der Waals surface area contributed by atoms with Crippen molar-refractivity contribution in [1.82, 2.24) is 19.5 Å². The van der Waals surface area contributed by atoms with Crippen LogP contribution in [0.2, 0.25) is 0 Å². The fourth-order valence-electron chi connectivity index (χ4n) is 1.95. The summed E-state index contributed by atoms with van der Waals surface area (Å²) in [5.74, 6) is 2.57. The van der Waals surface area contributed by atoms with Crippen LogP contribution < -0.4 is 10.5 Å². The molecule has 3 aromatic rings. The molecule has 106 valence electrons. The molecule has 0 aromatic carbocycles. The first-order valence-electron chi connectivity index (χ1n) is 6.49. The minimum Gasteiger partial charge on any atom is -0.455 e. The molecule has 21 heavy (non-hydrogen) atoms. The first-order valence-corrected chi connectivity index (χ1v) is 6.49. The highest BCUT2D eigenvalue weighted by atomic mass is 16.5. The fourth-order valence-corrected chi connectivity index (χ4v) is 1.95. The molecule has 6 nitrogen and oxygen atoms in total. The summed E-state index contributed by atoms with van der Waals surface area (Å²) >= 11 is 0. The second-order valence-electron chi connectivity index (χ2n) is 4.75. The van der Waals surface area contributed by atoms with Gasteiger partial charge in [0.05, 0.1) is 11.9 Å². The Hall–Kier alpha value is -2.89. The van der Waals surface area contributed by atoms with Gasteiger partial charge in [-0.1, -0.05) is 0 Å². The number of aromatic nitrogens is 4. The molecular formula is C15H15N5O. The molecule has 0 amide bonds. The van der Waals surface area contributed by atoms with Crippen molar-refractivity contribution in [3.8, 4) is 17.3 Å². The Morgan fingerprint density at radius 2 is 2.00 bits per heavy atom. The van der Waals surface area contributed by atoms with Gasteiger partial charge >= 0.3 is 0 Å². The van der Waals surface area contributed by atoms with Crippen LogP contribution >= 0.6 is 0 Å². The van der Waals surface area contributed by atoms with Crippen LogP contribution in [-0.4, -0.2) is 19.5 Å². The molecule has 3 heterocycles. The van der Waals surface area contributed by atoms with Crippen molar-refractivity contribution >= 4 is 5.82 Å². The minimum atomic E-state index is 0.476. The third kappa shape index (κ3) is 2.84. The standard InChI is InChI=1S/C15H15N5O/c1-10-5-14(16)18-7-13(10)21-12-3-4-17-15(6-12)20-8-11(2)19-9-20/h3-9H,1-2H3,(H2,16,18). The van der Waals surface area contributed by atoms with Crippen LogP contribution in [0.25, 0.3) is 5.82 Å². The van der Waals surface area contributed by atoms with E-state index in [0.717, 1.165) is 17.1 Å². The van der Waals surface area contributed by atoms with E-state index in [9.17, 15) is 0 Å². The third-order valence-electron chi connectivity index (χ3n) is 3.00. The number of hydrogen-bond donors (Lipinski definition) is 1. The highest BCUT2D eigenvalue weighted by Gasteiger charge is 2.05. The molecule has 0 spiro atoms. The monoisotopic (exact) mass is 281 g/mol. The number of ether oxygens (including phenoxy) is 1. The molecule has 0 bridgehead atoms. The summed E-state index contributed by atoms with van der Waals surface area (Å²) < 4.78 is 7.68. The maximum atomic E-state index is 5.84. The summed E-state index contributed by atoms with van der Waals surface area (Å²) in [5, 5.41) is 0. The lowest BCUT2D eigenvalue weighted by molar-refractivity contribution is 0.475. The molecule has 0 aliphatic heterocycles. The Bertz CT molecular complexity index is 781. The van der Waals surface area contributed by atoms with E-state index >= 15 is 0 Å². The lowest BCUT2D eigenvalue weighted by Gasteiger charge is -2.09. The average Bonchev–Trinajstić information content (AvgIpc) is 2.89. The van der Waals surface area contributed by atoms with Crippen molar-refractivity contribution in [2.75, 3.05) is 5.73 Å². The molecule has 3 rings (SSSR count). The van der Waals surface area contributed by atoms with Gasteiger partial charge in [0.25, 0.3) is 0 Å². The van der Waals surface area contributed by atoms with Gasteiger partial charge in [-0.15, -0.1) is 0 Å². The highest BCUT2D eigenvalue weighted by molar-refractivity contribution is 5.43. The number of rotatable bonds is 3. The van der Waals surface area contributed by atoms with Crippen LogP contribution in [0.3, 0.4) is 0 Å². The molecule has 3 aromatic heterocycles. The van der Waals surface area contributed by atoms with Gasteiger partial charge in [0.1, 0.15) is 29.5 Å². The minimum absolute atomic E-state index is 0.476. The van der Waals surface area contributed by atoms with Crippen LogP contribution in [0.1, 0.15) is 11.3 Å². The van der Waals surface area contributed by atoms with Gasteiger partial charge in [-0.3, -0.25) is 4.57 Å². The molecule has 0 radical (unpaired) electrons. The van der Waals surface area contributed by atoms with E-state index in [4.69, 9.17) is 10.5 Å². The summed E-state index contributed by atoms with van der Waals surface area (Å²) in [5.41, 5.74) is 7.50. The van der Waals surface area contributed by atoms with Crippen LogP contribution in [0, 0.1) is 13.8 Å². The smallest absolute Gasteiger partial charge is 0.148 e. The maximum absolute atomic E-state index is 5.84. The first kappa shape index (κ1) is 13.1. The Morgan fingerprint density at radius 1 is 1.14 bits per heavy atom. The zero-order chi connectivity index (χ0) is 14.8. The predicted molar refractivity (Wildman–Crippen MR) is 79.6 cm³/mol. The molecule has 0 unspecified atom stereocenters. The average molecular weight is 281 g/mol. The van der Waals surface area contributed by atoms with Crippen molar-refractivity contribution in [2.45, 2.75) is 13.8 Å². The number of nitrogens with two attached hydrogens (primary N) is 1. The van der Waals surface area contributed by atoms with E-state index < -0.39 is 0 Å². The summed E-state index contributed by atoms with van der Waals surface area (Å²) in [6.45, 7) is 3.86. The third-order valence-corrected chi connectivity index (χ3v) is 3.00. The van der Waals surface area contributed by atoms with Crippen LogP contribution in [0.5, 0.6) is 11.5 Å². The van der Waals surface area contributed by atoms with Crippen LogP contribution in [0.4, 0.5) is 5.82 Å². The summed E-state index contributed by atoms with van der Waals surface area (Å²) in [6, 6.07) is 5.41. The van der Waals surface area contributed by atoms with Gasteiger partial charge in [0, 0.05) is 18.5 Å². The number of anilines is 1. The fraction of sp³-hybridized carbons (Fsp3) is 0.133. The Morgan fingerprint density at radius 3 is 2.71 bits per heavy atom. The number of nitrogens with zero attached hydrogens (tertiary/aromatic N) is 4. The van der Waals surface area contributed by atoms with E-state index in [1.807, 2.05) is 30.7 Å². The van der Waals surface area contributed by atoms with Crippen molar-refractivity contribution in [3.63, 3.8) is 0 Å². The van der Waals surface area contributed by atoms with Gasteiger partial charge in [-0.2, -0.15) is 0 Å². The Labute approximate surface area is 122 Å². The van der Waals surface area contributed by atoms with Crippen LogP contribution in [-0.2, 0) is 0 Å². The molecule has 0 aliphatic rings. The van der Waals surface area contributed by atoms with Crippen LogP contribution in [0.15, 0.2) is 43.1 Å². The Balaban J connectivity index is 1.89. The van der Waals surface area contributed by atoms with E-state index in [1.54, 1.807) is 30.9 Å². The number of imidazole rings is 1. The van der Waals surface area contributed by atoms with Gasteiger partial charge < -0.3 is 10.5 Å². The van der Waals surface area contributed by atoms with Crippen molar-refractivity contribution in [3.05, 3.63) is 54.4 Å². The second-order valence-corrected chi connectivity index (χ2v) is 4.75. The van der Waals surface area contributed by atoms with Gasteiger partial charge in [-0.05, 0) is 31.5 Å². The Kier molecular flexibility index (Phi) is 3.27. The number of aryl methyl sites for hydroxylation is 2. The summed E-state index contributed by atoms with van der Waals surface area (Å²) in [4.78, 5) is 12.5. The first-order chi connectivity index (χ1) is 10.1. The predicted octanol–water partition coefficient (Wildman–Crippen LogP) is 2.65. The zero-order valence-electron chi connectivity index (χ0n) is 11.8. The number of hydrogen-bond acceptors (Lipinski definition) is 5. The lowest BCUT2D eigenvalue weighted by Crippen LogP contribution is -1.97.